The summed E-state index contributed by atoms with van der Waals surface area (Å²) in [7, 11) is 0. The number of fused-ring (bicyclic) bond motifs is 2. The summed E-state index contributed by atoms with van der Waals surface area (Å²) >= 11 is 0. The van der Waals surface area contributed by atoms with E-state index in [1.54, 1.807) is 0 Å². The highest BCUT2D eigenvalue weighted by atomic mass is 16.7. The van der Waals surface area contributed by atoms with Gasteiger partial charge in [-0.15, -0.1) is 0 Å². The summed E-state index contributed by atoms with van der Waals surface area (Å²) in [6, 6.07) is 4.85. The molecule has 8 rings (SSSR count). The molecule has 2 aromatic rings. The highest BCUT2D eigenvalue weighted by Gasteiger charge is 2.92. The van der Waals surface area contributed by atoms with E-state index in [4.69, 9.17) is 18.9 Å². The molecule has 12 unspecified atom stereocenters. The molecule has 0 bridgehead atoms. The van der Waals surface area contributed by atoms with Crippen LogP contribution >= 0.6 is 0 Å². The first-order valence-corrected chi connectivity index (χ1v) is 17.4. The molecule has 6 aliphatic rings. The van der Waals surface area contributed by atoms with E-state index in [1.807, 2.05) is 0 Å². The van der Waals surface area contributed by atoms with E-state index in [9.17, 15) is 59.4 Å². The second-order valence-corrected chi connectivity index (χ2v) is 16.0. The number of hydrogen-bond acceptors (Lipinski definition) is 16. The minimum atomic E-state index is -2.26. The molecule has 54 heavy (non-hydrogen) atoms. The lowest BCUT2D eigenvalue weighted by Crippen LogP contribution is -2.65. The Kier molecular flexibility index (Phi) is 7.13. The average Bonchev–Trinajstić information content (AvgIpc) is 3.94. The molecule has 0 aromatic heterocycles. The first-order chi connectivity index (χ1) is 25.0. The fourth-order valence-electron chi connectivity index (χ4n) is 10.9. The molecule has 16 nitrogen and oxygen atoms in total. The van der Waals surface area contributed by atoms with Gasteiger partial charge in [-0.3, -0.25) is 28.8 Å². The maximum absolute atomic E-state index is 14.3. The van der Waals surface area contributed by atoms with Gasteiger partial charge in [0.15, 0.2) is 45.5 Å². The van der Waals surface area contributed by atoms with Crippen LogP contribution in [0.3, 0.4) is 0 Å². The number of hydrogen-bond donors (Lipinski definition) is 6. The molecule has 4 aliphatic carbocycles. The number of aromatic hydroxyl groups is 2. The highest BCUT2D eigenvalue weighted by Crippen LogP contribution is 2.73. The summed E-state index contributed by atoms with van der Waals surface area (Å²) in [6.45, 7) is 7.69. The van der Waals surface area contributed by atoms with Crippen molar-refractivity contribution in [1.82, 2.24) is 0 Å². The molecule has 2 heterocycles. The van der Waals surface area contributed by atoms with E-state index in [0.717, 1.165) is 13.8 Å². The maximum Gasteiger partial charge on any atom is 0.302 e. The lowest BCUT2D eigenvalue weighted by atomic mass is 9.55. The number of phenolic OH excluding ortho intramolecular Hbond substituents is 2. The Morgan fingerprint density at radius 2 is 0.963 bits per heavy atom. The third kappa shape index (κ3) is 3.92. The van der Waals surface area contributed by atoms with Crippen LogP contribution in [-0.2, 0) is 38.1 Å². The predicted molar refractivity (Wildman–Crippen MR) is 177 cm³/mol. The van der Waals surface area contributed by atoms with Crippen LogP contribution < -0.4 is 0 Å². The summed E-state index contributed by atoms with van der Waals surface area (Å²) in [5.41, 5.74) is -14.5. The molecular weight excluding hydrogens is 712 g/mol. The average molecular weight is 751 g/mol. The fraction of sp³-hybridized carbons (Fsp3) is 0.526. The number of aliphatic hydroxyl groups excluding tert-OH is 2. The van der Waals surface area contributed by atoms with Gasteiger partial charge in [0.25, 0.3) is 0 Å². The minimum Gasteiger partial charge on any atom is -0.507 e. The van der Waals surface area contributed by atoms with E-state index in [1.165, 1.54) is 52.0 Å². The van der Waals surface area contributed by atoms with Crippen LogP contribution in [0.2, 0.25) is 0 Å². The SMILES string of the molecule is CC(=O)OC(C)C1C(C)(O)CC(=O)C23OC12C(=O)c1ccc(-c2ccc4c(c2O)C(O)C25OC2(C4=O)C(C(C)OC(C)=O)C(C)(O)CC5=O)c(O)c1C3O. The number of phenols is 2. The number of epoxide rings is 2. The fourth-order valence-corrected chi connectivity index (χ4v) is 10.9. The zero-order chi connectivity index (χ0) is 39.6. The van der Waals surface area contributed by atoms with E-state index >= 15 is 0 Å². The predicted octanol–water partition coefficient (Wildman–Crippen LogP) is 0.823. The van der Waals surface area contributed by atoms with Crippen LogP contribution in [0, 0.1) is 11.8 Å². The van der Waals surface area contributed by atoms with Gasteiger partial charge in [-0.05, 0) is 39.8 Å². The Balaban J connectivity index is 1.24. The Bertz CT molecular complexity index is 2020. The molecule has 2 aliphatic heterocycles. The van der Waals surface area contributed by atoms with Crippen molar-refractivity contribution < 1.29 is 78.4 Å². The number of Topliss-reactive ketones (excluding diaryl/α,β-unsaturated/α-hetero) is 4. The summed E-state index contributed by atoms with van der Waals surface area (Å²) < 4.78 is 22.5. The first kappa shape index (κ1) is 36.4. The number of rotatable bonds is 5. The number of carbonyl (C=O) groups excluding carboxylic acids is 6. The summed E-state index contributed by atoms with van der Waals surface area (Å²) in [5, 5.41) is 70.0. The van der Waals surface area contributed by atoms with Gasteiger partial charge < -0.3 is 49.6 Å². The Labute approximate surface area is 306 Å². The largest absolute Gasteiger partial charge is 0.507 e. The second-order valence-electron chi connectivity index (χ2n) is 16.0. The van der Waals surface area contributed by atoms with Crippen molar-refractivity contribution in [3.8, 4) is 22.6 Å². The van der Waals surface area contributed by atoms with Gasteiger partial charge >= 0.3 is 11.9 Å². The third-order valence-corrected chi connectivity index (χ3v) is 12.6. The van der Waals surface area contributed by atoms with Crippen LogP contribution in [0.4, 0.5) is 0 Å². The van der Waals surface area contributed by atoms with Gasteiger partial charge in [0.2, 0.25) is 0 Å². The van der Waals surface area contributed by atoms with Gasteiger partial charge in [0.1, 0.15) is 35.9 Å². The standard InChI is InChI=1S/C38H38O16/c1-13(51-15(3)39)27-33(5,49)11-21(41)35-31(47)23-19(29(45)37(27,35)53-35)9-7-17(25(23)43)18-8-10-20-24(26(18)44)32(48)36-22(42)12-34(6,50)28(14(2)52-16(4)40)38(36,54-36)30(20)46/h7-10,13-14,27-28,31-32,43-44,47-50H,11-12H2,1-6H3. The number of esters is 2. The van der Waals surface area contributed by atoms with Crippen molar-refractivity contribution >= 4 is 35.1 Å². The molecule has 2 aromatic carbocycles. The molecule has 2 saturated carbocycles. The normalized spacial score (nSPS) is 40.9. The van der Waals surface area contributed by atoms with E-state index in [2.05, 4.69) is 0 Å². The Hall–Kier alpha value is -4.58. The number of benzene rings is 2. The number of aliphatic hydroxyl groups is 4. The van der Waals surface area contributed by atoms with Crippen molar-refractivity contribution in [2.45, 2.75) is 112 Å². The van der Waals surface area contributed by atoms with Gasteiger partial charge in [0, 0.05) is 60.1 Å². The van der Waals surface area contributed by atoms with Gasteiger partial charge in [-0.1, -0.05) is 12.1 Å². The molecule has 0 amide bonds. The van der Waals surface area contributed by atoms with E-state index in [-0.39, 0.29) is 22.3 Å². The molecule has 6 N–H and O–H groups in total. The second kappa shape index (κ2) is 10.6. The summed E-state index contributed by atoms with van der Waals surface area (Å²) in [5.74, 6) is -9.02. The molecule has 4 fully saturated rings. The summed E-state index contributed by atoms with van der Waals surface area (Å²) in [4.78, 5) is 79.8. The highest BCUT2D eigenvalue weighted by molar-refractivity contribution is 6.18. The van der Waals surface area contributed by atoms with Crippen molar-refractivity contribution in [1.29, 1.82) is 0 Å². The molecular formula is C38H38O16. The third-order valence-electron chi connectivity index (χ3n) is 12.6. The summed E-state index contributed by atoms with van der Waals surface area (Å²) in [6.07, 6.45) is -7.48. The quantitative estimate of drug-likeness (QED) is 0.182. The van der Waals surface area contributed by atoms with Gasteiger partial charge in [-0.2, -0.15) is 0 Å². The van der Waals surface area contributed by atoms with E-state index < -0.39 is 140 Å². The minimum absolute atomic E-state index is 0.213. The topological polar surface area (TPSA) is 267 Å². The number of carbonyl (C=O) groups is 6. The molecule has 0 radical (unpaired) electrons. The van der Waals surface area contributed by atoms with Crippen molar-refractivity contribution in [2.75, 3.05) is 0 Å². The van der Waals surface area contributed by atoms with Crippen molar-refractivity contribution in [2.24, 2.45) is 11.8 Å². The number of ether oxygens (including phenoxy) is 4. The van der Waals surface area contributed by atoms with Gasteiger partial charge in [0.05, 0.1) is 23.0 Å². The van der Waals surface area contributed by atoms with Crippen LogP contribution in [0.15, 0.2) is 24.3 Å². The molecule has 0 spiro atoms. The van der Waals surface area contributed by atoms with Crippen LogP contribution in [0.25, 0.3) is 11.1 Å². The molecule has 16 heteroatoms. The molecule has 2 saturated heterocycles. The molecule has 12 atom stereocenters. The zero-order valence-corrected chi connectivity index (χ0v) is 30.0. The zero-order valence-electron chi connectivity index (χ0n) is 30.0. The molecule has 286 valence electrons. The van der Waals surface area contributed by atoms with Gasteiger partial charge in [-0.25, -0.2) is 0 Å². The maximum atomic E-state index is 14.3. The lowest BCUT2D eigenvalue weighted by Gasteiger charge is -2.46. The Morgan fingerprint density at radius 3 is 1.28 bits per heavy atom. The van der Waals surface area contributed by atoms with E-state index in [0.29, 0.717) is 0 Å². The first-order valence-electron chi connectivity index (χ1n) is 17.4. The van der Waals surface area contributed by atoms with Crippen LogP contribution in [0.5, 0.6) is 11.5 Å². The number of ketones is 4. The van der Waals surface area contributed by atoms with Crippen LogP contribution in [-0.4, -0.2) is 112 Å². The Morgan fingerprint density at radius 1 is 0.648 bits per heavy atom. The smallest absolute Gasteiger partial charge is 0.302 e. The van der Waals surface area contributed by atoms with Crippen molar-refractivity contribution in [3.63, 3.8) is 0 Å². The van der Waals surface area contributed by atoms with Crippen molar-refractivity contribution in [3.05, 3.63) is 46.5 Å². The van der Waals surface area contributed by atoms with Crippen LogP contribution in [0.1, 0.15) is 98.4 Å². The lowest BCUT2D eigenvalue weighted by molar-refractivity contribution is -0.164. The monoisotopic (exact) mass is 750 g/mol.